The van der Waals surface area contributed by atoms with Crippen LogP contribution >= 0.6 is 23.2 Å². The molecular weight excluding hydrogens is 227 g/mol. The maximum absolute atomic E-state index is 8.93. The van der Waals surface area contributed by atoms with Crippen molar-refractivity contribution in [3.63, 3.8) is 0 Å². The van der Waals surface area contributed by atoms with Gasteiger partial charge in [0.25, 0.3) is 0 Å². The highest BCUT2D eigenvalue weighted by Crippen LogP contribution is 2.14. The van der Waals surface area contributed by atoms with E-state index in [1.54, 1.807) is 11.9 Å². The zero-order valence-electron chi connectivity index (χ0n) is 7.78. The zero-order chi connectivity index (χ0) is 10.7. The van der Waals surface area contributed by atoms with Gasteiger partial charge in [0, 0.05) is 7.05 Å². The van der Waals surface area contributed by atoms with Crippen LogP contribution in [-0.2, 0) is 0 Å². The molecule has 0 amide bonds. The Morgan fingerprint density at radius 2 is 1.79 bits per heavy atom. The summed E-state index contributed by atoms with van der Waals surface area (Å²) in [5.41, 5.74) is 0. The molecule has 0 radical (unpaired) electrons. The van der Waals surface area contributed by atoms with Crippen LogP contribution in [0.5, 0.6) is 0 Å². The van der Waals surface area contributed by atoms with Gasteiger partial charge >= 0.3 is 0 Å². The predicted molar refractivity (Wildman–Crippen MR) is 54.8 cm³/mol. The molecule has 0 aliphatic heterocycles. The van der Waals surface area contributed by atoms with Crippen molar-refractivity contribution in [2.75, 3.05) is 18.6 Å². The zero-order valence-corrected chi connectivity index (χ0v) is 9.29. The van der Waals surface area contributed by atoms with Crippen LogP contribution in [0.25, 0.3) is 0 Å². The molecule has 0 bridgehead atoms. The van der Waals surface area contributed by atoms with E-state index in [1.807, 2.05) is 6.92 Å². The minimum Gasteiger partial charge on any atom is -0.394 e. The third kappa shape index (κ3) is 2.67. The lowest BCUT2D eigenvalue weighted by Gasteiger charge is -2.22. The Balaban J connectivity index is 2.94. The lowest BCUT2D eigenvalue weighted by Crippen LogP contribution is -2.33. The molecule has 0 saturated heterocycles. The van der Waals surface area contributed by atoms with Gasteiger partial charge in [0.05, 0.1) is 12.6 Å². The summed E-state index contributed by atoms with van der Waals surface area (Å²) in [6.07, 6.45) is 0. The van der Waals surface area contributed by atoms with Gasteiger partial charge in [0.15, 0.2) is 0 Å². The van der Waals surface area contributed by atoms with Crippen LogP contribution in [0.2, 0.25) is 10.6 Å². The molecule has 1 unspecified atom stereocenters. The van der Waals surface area contributed by atoms with Crippen molar-refractivity contribution in [2.24, 2.45) is 0 Å². The van der Waals surface area contributed by atoms with Crippen molar-refractivity contribution in [3.05, 3.63) is 10.6 Å². The maximum Gasteiger partial charge on any atom is 0.231 e. The Morgan fingerprint density at radius 3 is 2.21 bits per heavy atom. The number of hydrogen-bond donors (Lipinski definition) is 1. The second-order valence-electron chi connectivity index (χ2n) is 2.82. The number of likely N-dealkylation sites (N-methyl/N-ethyl adjacent to an activating group) is 1. The summed E-state index contributed by atoms with van der Waals surface area (Å²) in [7, 11) is 1.74. The van der Waals surface area contributed by atoms with Crippen molar-refractivity contribution in [1.29, 1.82) is 0 Å². The highest BCUT2D eigenvalue weighted by Gasteiger charge is 2.13. The predicted octanol–water partition coefficient (Wildman–Crippen LogP) is 0.995. The molecule has 1 atom stereocenters. The van der Waals surface area contributed by atoms with Gasteiger partial charge in [-0.25, -0.2) is 0 Å². The monoisotopic (exact) mass is 236 g/mol. The van der Waals surface area contributed by atoms with Crippen molar-refractivity contribution in [1.82, 2.24) is 15.0 Å². The van der Waals surface area contributed by atoms with Gasteiger partial charge in [-0.3, -0.25) is 0 Å². The summed E-state index contributed by atoms with van der Waals surface area (Å²) in [6, 6.07) is -0.107. The minimum atomic E-state index is -0.107. The van der Waals surface area contributed by atoms with Crippen molar-refractivity contribution in [2.45, 2.75) is 13.0 Å². The van der Waals surface area contributed by atoms with E-state index in [0.717, 1.165) is 0 Å². The summed E-state index contributed by atoms with van der Waals surface area (Å²) in [6.45, 7) is 1.82. The SMILES string of the molecule is CC(CO)N(C)c1nc(Cl)nc(Cl)n1. The van der Waals surface area contributed by atoms with Gasteiger partial charge in [-0.15, -0.1) is 0 Å². The molecule has 0 spiro atoms. The van der Waals surface area contributed by atoms with E-state index in [9.17, 15) is 0 Å². The van der Waals surface area contributed by atoms with E-state index in [-0.39, 0.29) is 23.2 Å². The molecule has 0 fully saturated rings. The first-order valence-corrected chi connectivity index (χ1v) is 4.71. The van der Waals surface area contributed by atoms with Crippen molar-refractivity contribution >= 4 is 29.2 Å². The molecule has 0 aromatic carbocycles. The first kappa shape index (κ1) is 11.4. The highest BCUT2D eigenvalue weighted by molar-refractivity contribution is 6.31. The first-order valence-electron chi connectivity index (χ1n) is 3.95. The van der Waals surface area contributed by atoms with E-state index < -0.39 is 0 Å². The molecule has 1 aromatic heterocycles. The van der Waals surface area contributed by atoms with Crippen molar-refractivity contribution < 1.29 is 5.11 Å². The average molecular weight is 237 g/mol. The van der Waals surface area contributed by atoms with E-state index in [4.69, 9.17) is 28.3 Å². The van der Waals surface area contributed by atoms with Gasteiger partial charge in [-0.1, -0.05) is 0 Å². The lowest BCUT2D eigenvalue weighted by atomic mass is 10.3. The molecule has 7 heteroatoms. The first-order chi connectivity index (χ1) is 6.54. The van der Waals surface area contributed by atoms with Crippen LogP contribution in [0.1, 0.15) is 6.92 Å². The standard InChI is InChI=1S/C7H10Cl2N4O/c1-4(3-14)13(2)7-11-5(8)10-6(9)12-7/h4,14H,3H2,1-2H3. The topological polar surface area (TPSA) is 62.1 Å². The molecule has 14 heavy (non-hydrogen) atoms. The number of halogens is 2. The minimum absolute atomic E-state index is 0.00256. The summed E-state index contributed by atoms with van der Waals surface area (Å²) in [5, 5.41) is 9.00. The summed E-state index contributed by atoms with van der Waals surface area (Å²) in [4.78, 5) is 13.0. The number of rotatable bonds is 3. The smallest absolute Gasteiger partial charge is 0.231 e. The number of anilines is 1. The quantitative estimate of drug-likeness (QED) is 0.849. The fourth-order valence-electron chi connectivity index (χ4n) is 0.793. The molecule has 1 aromatic rings. The van der Waals surface area contributed by atoms with Crippen molar-refractivity contribution in [3.8, 4) is 0 Å². The molecule has 1 heterocycles. The van der Waals surface area contributed by atoms with Crippen LogP contribution in [0.4, 0.5) is 5.95 Å². The molecule has 0 aliphatic carbocycles. The van der Waals surface area contributed by atoms with E-state index in [1.165, 1.54) is 0 Å². The number of aromatic nitrogens is 3. The molecular formula is C7H10Cl2N4O. The van der Waals surface area contributed by atoms with Crippen LogP contribution in [0.15, 0.2) is 0 Å². The van der Waals surface area contributed by atoms with Crippen LogP contribution in [0, 0.1) is 0 Å². The summed E-state index contributed by atoms with van der Waals surface area (Å²) < 4.78 is 0. The second-order valence-corrected chi connectivity index (χ2v) is 3.49. The van der Waals surface area contributed by atoms with Crippen LogP contribution < -0.4 is 4.90 Å². The Bertz CT molecular complexity index is 302. The molecule has 0 saturated carbocycles. The van der Waals surface area contributed by atoms with Gasteiger partial charge in [-0.05, 0) is 30.1 Å². The average Bonchev–Trinajstić information content (AvgIpc) is 2.14. The summed E-state index contributed by atoms with van der Waals surface area (Å²) >= 11 is 11.2. The molecule has 5 nitrogen and oxygen atoms in total. The van der Waals surface area contributed by atoms with Crippen LogP contribution in [0.3, 0.4) is 0 Å². The fraction of sp³-hybridized carbons (Fsp3) is 0.571. The Labute approximate surface area is 91.7 Å². The summed E-state index contributed by atoms with van der Waals surface area (Å²) in [5.74, 6) is 0.344. The van der Waals surface area contributed by atoms with E-state index in [2.05, 4.69) is 15.0 Å². The van der Waals surface area contributed by atoms with E-state index in [0.29, 0.717) is 5.95 Å². The third-order valence-electron chi connectivity index (χ3n) is 1.81. The second kappa shape index (κ2) is 4.72. The largest absolute Gasteiger partial charge is 0.394 e. The Kier molecular flexibility index (Phi) is 3.86. The van der Waals surface area contributed by atoms with Crippen LogP contribution in [-0.4, -0.2) is 39.8 Å². The maximum atomic E-state index is 8.93. The normalized spacial score (nSPS) is 12.6. The Hall–Kier alpha value is -0.650. The molecule has 0 aliphatic rings. The highest BCUT2D eigenvalue weighted by atomic mass is 35.5. The third-order valence-corrected chi connectivity index (χ3v) is 2.15. The lowest BCUT2D eigenvalue weighted by molar-refractivity contribution is 0.269. The van der Waals surface area contributed by atoms with Gasteiger partial charge in [-0.2, -0.15) is 15.0 Å². The van der Waals surface area contributed by atoms with Gasteiger partial charge in [0.1, 0.15) is 0 Å². The Morgan fingerprint density at radius 1 is 1.29 bits per heavy atom. The van der Waals surface area contributed by atoms with Gasteiger partial charge in [0.2, 0.25) is 16.5 Å². The number of aliphatic hydroxyl groups excluding tert-OH is 1. The molecule has 78 valence electrons. The van der Waals surface area contributed by atoms with Gasteiger partial charge < -0.3 is 10.0 Å². The van der Waals surface area contributed by atoms with E-state index >= 15 is 0 Å². The molecule has 1 rings (SSSR count). The number of hydrogen-bond acceptors (Lipinski definition) is 5. The number of aliphatic hydroxyl groups is 1. The fourth-order valence-corrected chi connectivity index (χ4v) is 1.15. The number of nitrogens with zero attached hydrogens (tertiary/aromatic N) is 4. The molecule has 1 N–H and O–H groups in total.